The molecule has 0 spiro atoms. The summed E-state index contributed by atoms with van der Waals surface area (Å²) in [6.45, 7) is 0.240. The van der Waals surface area contributed by atoms with E-state index < -0.39 is 5.97 Å². The minimum Gasteiger partial charge on any atom is -0.497 e. The van der Waals surface area contributed by atoms with E-state index in [1.165, 1.54) is 4.68 Å². The summed E-state index contributed by atoms with van der Waals surface area (Å²) < 4.78 is 6.53. The number of aliphatic carboxylic acids is 1. The van der Waals surface area contributed by atoms with Crippen molar-refractivity contribution in [3.05, 3.63) is 24.3 Å². The molecule has 2 rings (SSSR count). The van der Waals surface area contributed by atoms with Gasteiger partial charge in [0.2, 0.25) is 0 Å². The Morgan fingerprint density at radius 3 is 2.72 bits per heavy atom. The van der Waals surface area contributed by atoms with E-state index in [-0.39, 0.29) is 13.0 Å². The van der Waals surface area contributed by atoms with Crippen molar-refractivity contribution in [1.82, 2.24) is 20.2 Å². The zero-order chi connectivity index (χ0) is 13.0. The molecular formula is C11H12N4O3. The van der Waals surface area contributed by atoms with Gasteiger partial charge in [0.15, 0.2) is 5.82 Å². The highest BCUT2D eigenvalue weighted by Gasteiger charge is 2.10. The van der Waals surface area contributed by atoms with Crippen LogP contribution in [0.4, 0.5) is 0 Å². The number of ether oxygens (including phenoxy) is 1. The number of carbonyl (C=O) groups is 1. The van der Waals surface area contributed by atoms with Gasteiger partial charge in [0.25, 0.3) is 0 Å². The fourth-order valence-electron chi connectivity index (χ4n) is 1.50. The predicted octanol–water partition coefficient (Wildman–Crippen LogP) is 0.823. The Morgan fingerprint density at radius 2 is 2.11 bits per heavy atom. The number of hydrogen-bond acceptors (Lipinski definition) is 5. The topological polar surface area (TPSA) is 90.1 Å². The molecule has 94 valence electrons. The first-order valence-electron chi connectivity index (χ1n) is 5.33. The summed E-state index contributed by atoms with van der Waals surface area (Å²) in [7, 11) is 1.59. The third-order valence-electron chi connectivity index (χ3n) is 2.42. The highest BCUT2D eigenvalue weighted by molar-refractivity contribution is 5.66. The second kappa shape index (κ2) is 5.26. The van der Waals surface area contributed by atoms with Crippen molar-refractivity contribution in [2.75, 3.05) is 7.11 Å². The number of aromatic nitrogens is 4. The predicted molar refractivity (Wildman–Crippen MR) is 62.1 cm³/mol. The van der Waals surface area contributed by atoms with Crippen molar-refractivity contribution in [3.8, 4) is 17.1 Å². The molecule has 0 atom stereocenters. The normalized spacial score (nSPS) is 10.3. The maximum absolute atomic E-state index is 10.5. The molecule has 2 aromatic rings. The van der Waals surface area contributed by atoms with Gasteiger partial charge in [-0.3, -0.25) is 4.79 Å². The zero-order valence-electron chi connectivity index (χ0n) is 9.78. The SMILES string of the molecule is COc1ccc(-c2nnnn2CCC(=O)O)cc1. The Hall–Kier alpha value is -2.44. The number of tetrazole rings is 1. The van der Waals surface area contributed by atoms with E-state index in [2.05, 4.69) is 15.5 Å². The van der Waals surface area contributed by atoms with E-state index in [0.717, 1.165) is 11.3 Å². The first-order chi connectivity index (χ1) is 8.70. The monoisotopic (exact) mass is 248 g/mol. The number of hydrogen-bond donors (Lipinski definition) is 1. The lowest BCUT2D eigenvalue weighted by atomic mass is 10.2. The molecular weight excluding hydrogens is 236 g/mol. The molecule has 0 radical (unpaired) electrons. The van der Waals surface area contributed by atoms with Gasteiger partial charge < -0.3 is 9.84 Å². The highest BCUT2D eigenvalue weighted by Crippen LogP contribution is 2.19. The molecule has 0 aliphatic heterocycles. The molecule has 1 aromatic carbocycles. The smallest absolute Gasteiger partial charge is 0.305 e. The van der Waals surface area contributed by atoms with Gasteiger partial charge in [0.05, 0.1) is 20.1 Å². The summed E-state index contributed by atoms with van der Waals surface area (Å²) in [5.41, 5.74) is 0.811. The molecule has 7 nitrogen and oxygen atoms in total. The highest BCUT2D eigenvalue weighted by atomic mass is 16.5. The van der Waals surface area contributed by atoms with Crippen molar-refractivity contribution < 1.29 is 14.6 Å². The molecule has 0 saturated carbocycles. The summed E-state index contributed by atoms with van der Waals surface area (Å²) in [6.07, 6.45) is -0.0196. The summed E-state index contributed by atoms with van der Waals surface area (Å²) in [6, 6.07) is 7.24. The first kappa shape index (κ1) is 12.0. The van der Waals surface area contributed by atoms with Gasteiger partial charge in [-0.1, -0.05) is 0 Å². The number of aryl methyl sites for hydroxylation is 1. The molecule has 0 saturated heterocycles. The fraction of sp³-hybridized carbons (Fsp3) is 0.273. The Bertz CT molecular complexity index is 535. The third-order valence-corrected chi connectivity index (χ3v) is 2.42. The number of rotatable bonds is 5. The van der Waals surface area contributed by atoms with E-state index in [9.17, 15) is 4.79 Å². The molecule has 1 heterocycles. The lowest BCUT2D eigenvalue weighted by molar-refractivity contribution is -0.137. The van der Waals surface area contributed by atoms with Crippen LogP contribution < -0.4 is 4.74 Å². The molecule has 0 unspecified atom stereocenters. The van der Waals surface area contributed by atoms with Gasteiger partial charge in [-0.25, -0.2) is 4.68 Å². The van der Waals surface area contributed by atoms with Crippen LogP contribution in [-0.4, -0.2) is 38.4 Å². The fourth-order valence-corrected chi connectivity index (χ4v) is 1.50. The van der Waals surface area contributed by atoms with Crippen molar-refractivity contribution in [2.24, 2.45) is 0 Å². The Kier molecular flexibility index (Phi) is 3.52. The summed E-state index contributed by atoms with van der Waals surface area (Å²) >= 11 is 0. The van der Waals surface area contributed by atoms with Crippen molar-refractivity contribution in [3.63, 3.8) is 0 Å². The molecule has 7 heteroatoms. The molecule has 18 heavy (non-hydrogen) atoms. The summed E-state index contributed by atoms with van der Waals surface area (Å²) in [5, 5.41) is 19.9. The van der Waals surface area contributed by atoms with Crippen LogP contribution in [0.15, 0.2) is 24.3 Å². The quantitative estimate of drug-likeness (QED) is 0.842. The van der Waals surface area contributed by atoms with E-state index >= 15 is 0 Å². The Balaban J connectivity index is 2.21. The lowest BCUT2D eigenvalue weighted by Gasteiger charge is -2.04. The second-order valence-electron chi connectivity index (χ2n) is 3.60. The Morgan fingerprint density at radius 1 is 1.39 bits per heavy atom. The van der Waals surface area contributed by atoms with E-state index in [4.69, 9.17) is 9.84 Å². The number of methoxy groups -OCH3 is 1. The average molecular weight is 248 g/mol. The van der Waals surface area contributed by atoms with Crippen LogP contribution in [0.2, 0.25) is 0 Å². The summed E-state index contributed by atoms with van der Waals surface area (Å²) in [5.74, 6) is 0.397. The lowest BCUT2D eigenvalue weighted by Crippen LogP contribution is -2.07. The number of nitrogens with zero attached hydrogens (tertiary/aromatic N) is 4. The van der Waals surface area contributed by atoms with Crippen LogP contribution in [0.3, 0.4) is 0 Å². The largest absolute Gasteiger partial charge is 0.497 e. The van der Waals surface area contributed by atoms with Gasteiger partial charge in [0.1, 0.15) is 5.75 Å². The van der Waals surface area contributed by atoms with Crippen LogP contribution in [0.1, 0.15) is 6.42 Å². The van der Waals surface area contributed by atoms with Crippen molar-refractivity contribution >= 4 is 5.97 Å². The minimum absolute atomic E-state index is 0.0196. The van der Waals surface area contributed by atoms with E-state index in [0.29, 0.717) is 5.82 Å². The van der Waals surface area contributed by atoms with Crippen LogP contribution in [0.5, 0.6) is 5.75 Å². The number of carboxylic acids is 1. The molecule has 0 amide bonds. The molecule has 1 N–H and O–H groups in total. The third kappa shape index (κ3) is 2.62. The maximum atomic E-state index is 10.5. The van der Waals surface area contributed by atoms with Gasteiger partial charge in [-0.05, 0) is 34.7 Å². The van der Waals surface area contributed by atoms with Gasteiger partial charge in [-0.15, -0.1) is 5.10 Å². The maximum Gasteiger partial charge on any atom is 0.305 e. The second-order valence-corrected chi connectivity index (χ2v) is 3.60. The molecule has 0 fully saturated rings. The summed E-state index contributed by atoms with van der Waals surface area (Å²) in [4.78, 5) is 10.5. The van der Waals surface area contributed by atoms with E-state index in [1.54, 1.807) is 19.2 Å². The van der Waals surface area contributed by atoms with Gasteiger partial charge >= 0.3 is 5.97 Å². The van der Waals surface area contributed by atoms with Crippen molar-refractivity contribution in [2.45, 2.75) is 13.0 Å². The van der Waals surface area contributed by atoms with Gasteiger partial charge in [-0.2, -0.15) is 0 Å². The first-order valence-corrected chi connectivity index (χ1v) is 5.33. The Labute approximate surface area is 103 Å². The molecule has 0 bridgehead atoms. The molecule has 0 aliphatic rings. The standard InChI is InChI=1S/C11H12N4O3/c1-18-9-4-2-8(3-5-9)11-12-13-14-15(11)7-6-10(16)17/h2-5H,6-7H2,1H3,(H,16,17). The van der Waals surface area contributed by atoms with Crippen molar-refractivity contribution in [1.29, 1.82) is 0 Å². The van der Waals surface area contributed by atoms with Crippen LogP contribution in [0, 0.1) is 0 Å². The minimum atomic E-state index is -0.883. The van der Waals surface area contributed by atoms with E-state index in [1.807, 2.05) is 12.1 Å². The molecule has 0 aliphatic carbocycles. The molecule has 1 aromatic heterocycles. The van der Waals surface area contributed by atoms with Crippen LogP contribution >= 0.6 is 0 Å². The van der Waals surface area contributed by atoms with Crippen LogP contribution in [-0.2, 0) is 11.3 Å². The number of benzene rings is 1. The van der Waals surface area contributed by atoms with Crippen LogP contribution in [0.25, 0.3) is 11.4 Å². The average Bonchev–Trinajstić information content (AvgIpc) is 2.85. The number of carboxylic acid groups (broad SMARTS) is 1. The van der Waals surface area contributed by atoms with Gasteiger partial charge in [0, 0.05) is 5.56 Å². The zero-order valence-corrected chi connectivity index (χ0v) is 9.78.